The van der Waals surface area contributed by atoms with Crippen molar-refractivity contribution in [2.24, 2.45) is 11.5 Å². The van der Waals surface area contributed by atoms with Gasteiger partial charge in [-0.05, 0) is 32.2 Å². The third-order valence-electron chi connectivity index (χ3n) is 4.21. The first-order valence-electron chi connectivity index (χ1n) is 9.88. The fourth-order valence-corrected chi connectivity index (χ4v) is 3.84. The van der Waals surface area contributed by atoms with E-state index in [2.05, 4.69) is 6.92 Å². The van der Waals surface area contributed by atoms with E-state index in [1.807, 2.05) is 0 Å². The van der Waals surface area contributed by atoms with Crippen LogP contribution < -0.4 is 41.0 Å². The molecule has 0 spiro atoms. The van der Waals surface area contributed by atoms with Gasteiger partial charge in [-0.15, -0.1) is 0 Å². The summed E-state index contributed by atoms with van der Waals surface area (Å²) >= 11 is 0. The third kappa shape index (κ3) is 21.0. The van der Waals surface area contributed by atoms with E-state index >= 15 is 0 Å². The summed E-state index contributed by atoms with van der Waals surface area (Å²) < 4.78 is 28.7. The molecule has 0 aromatic rings. The second-order valence-corrected chi connectivity index (χ2v) is 8.43. The van der Waals surface area contributed by atoms with Crippen LogP contribution in [0.5, 0.6) is 0 Å². The largest absolute Gasteiger partial charge is 1.00 e. The molecule has 0 aromatic heterocycles. The molecule has 0 aliphatic carbocycles. The fourth-order valence-electron chi connectivity index (χ4n) is 2.72. The molecule has 0 aliphatic rings. The van der Waals surface area contributed by atoms with E-state index in [9.17, 15) is 8.42 Å². The van der Waals surface area contributed by atoms with E-state index in [1.54, 1.807) is 0 Å². The number of hydrogen-bond acceptors (Lipinski definition) is 5. The van der Waals surface area contributed by atoms with E-state index in [0.29, 0.717) is 19.4 Å². The minimum atomic E-state index is -3.48. The summed E-state index contributed by atoms with van der Waals surface area (Å²) in [5, 5.41) is 0. The van der Waals surface area contributed by atoms with Gasteiger partial charge in [-0.3, -0.25) is 4.18 Å². The molecule has 0 aliphatic heterocycles. The Bertz CT molecular complexity index is 373. The Hall–Kier alpha value is 0.830. The minimum absolute atomic E-state index is 0. The maximum absolute atomic E-state index is 11.8. The zero-order valence-corrected chi connectivity index (χ0v) is 19.5. The normalized spacial score (nSPS) is 12.8. The maximum atomic E-state index is 11.8. The molecule has 25 heavy (non-hydrogen) atoms. The second kappa shape index (κ2) is 19.6. The molecule has 5 nitrogen and oxygen atoms in total. The van der Waals surface area contributed by atoms with Crippen molar-refractivity contribution in [1.82, 2.24) is 0 Å². The monoisotopic (exact) mass is 388 g/mol. The number of hydrogen-bond donors (Lipinski definition) is 2. The molecule has 0 amide bonds. The van der Waals surface area contributed by atoms with Gasteiger partial charge in [-0.2, -0.15) is 8.42 Å². The summed E-state index contributed by atoms with van der Waals surface area (Å²) in [6.07, 6.45) is 14.4. The van der Waals surface area contributed by atoms with Gasteiger partial charge in [0.25, 0.3) is 10.1 Å². The summed E-state index contributed by atoms with van der Waals surface area (Å²) in [6.45, 7) is 2.89. The van der Waals surface area contributed by atoms with Crippen molar-refractivity contribution in [1.29, 1.82) is 0 Å². The molecule has 0 aromatic carbocycles. The molecule has 7 heteroatoms. The van der Waals surface area contributed by atoms with Crippen LogP contribution >= 0.6 is 0 Å². The molecule has 0 saturated carbocycles. The van der Waals surface area contributed by atoms with Crippen LogP contribution in [0.4, 0.5) is 0 Å². The predicted molar refractivity (Wildman–Crippen MR) is 103 cm³/mol. The van der Waals surface area contributed by atoms with Crippen LogP contribution in [-0.2, 0) is 14.3 Å². The van der Waals surface area contributed by atoms with Crippen LogP contribution in [0, 0.1) is 0 Å². The smallest absolute Gasteiger partial charge is 1.00 e. The molecular formula is C18H41N2NaO3S. The van der Waals surface area contributed by atoms with Crippen molar-refractivity contribution in [3.8, 4) is 0 Å². The molecule has 1 atom stereocenters. The first-order valence-corrected chi connectivity index (χ1v) is 11.5. The van der Waals surface area contributed by atoms with Crippen LogP contribution in [0.2, 0.25) is 0 Å². The standard InChI is InChI=1S/C18H40N2O3S.Na.H/c1-2-3-4-5-6-7-8-9-10-14-17-24(21,22)23-18(20)15-12-11-13-16-19;;/h18H,2-17,19-20H2,1H3;;/q;+1;-1. The van der Waals surface area contributed by atoms with Crippen LogP contribution in [-0.4, -0.2) is 26.9 Å². The van der Waals surface area contributed by atoms with Crippen LogP contribution in [0.3, 0.4) is 0 Å². The van der Waals surface area contributed by atoms with Crippen molar-refractivity contribution in [3.05, 3.63) is 0 Å². The van der Waals surface area contributed by atoms with Gasteiger partial charge in [0.15, 0.2) is 0 Å². The van der Waals surface area contributed by atoms with Crippen molar-refractivity contribution in [2.75, 3.05) is 12.3 Å². The second-order valence-electron chi connectivity index (χ2n) is 6.72. The van der Waals surface area contributed by atoms with Crippen molar-refractivity contribution in [2.45, 2.75) is 103 Å². The Morgan fingerprint density at radius 3 is 1.84 bits per heavy atom. The zero-order chi connectivity index (χ0) is 18.1. The maximum Gasteiger partial charge on any atom is 1.00 e. The summed E-state index contributed by atoms with van der Waals surface area (Å²) in [6, 6.07) is 0. The Labute approximate surface area is 179 Å². The molecule has 0 fully saturated rings. The van der Waals surface area contributed by atoms with E-state index in [0.717, 1.165) is 32.1 Å². The van der Waals surface area contributed by atoms with Crippen LogP contribution in [0.25, 0.3) is 0 Å². The summed E-state index contributed by atoms with van der Waals surface area (Å²) in [5.74, 6) is 0.0833. The zero-order valence-electron chi connectivity index (χ0n) is 17.7. The van der Waals surface area contributed by atoms with Crippen molar-refractivity contribution < 1.29 is 43.6 Å². The molecule has 4 N–H and O–H groups in total. The van der Waals surface area contributed by atoms with Crippen LogP contribution in [0.1, 0.15) is 98.2 Å². The van der Waals surface area contributed by atoms with E-state index < -0.39 is 16.3 Å². The molecule has 0 saturated heterocycles. The molecular weight excluding hydrogens is 347 g/mol. The minimum Gasteiger partial charge on any atom is -1.00 e. The fraction of sp³-hybridized carbons (Fsp3) is 1.00. The first-order chi connectivity index (χ1) is 11.5. The number of rotatable bonds is 18. The van der Waals surface area contributed by atoms with E-state index in [4.69, 9.17) is 15.7 Å². The Morgan fingerprint density at radius 1 is 0.840 bits per heavy atom. The predicted octanol–water partition coefficient (Wildman–Crippen LogP) is 1.17. The van der Waals surface area contributed by atoms with Gasteiger partial charge in [0.1, 0.15) is 6.23 Å². The Balaban J connectivity index is -0.00000264. The molecule has 0 rings (SSSR count). The number of unbranched alkanes of at least 4 members (excludes halogenated alkanes) is 11. The van der Waals surface area contributed by atoms with Gasteiger partial charge in [0.2, 0.25) is 0 Å². The molecule has 0 bridgehead atoms. The molecule has 0 radical (unpaired) electrons. The Morgan fingerprint density at radius 2 is 1.32 bits per heavy atom. The van der Waals surface area contributed by atoms with E-state index in [-0.39, 0.29) is 36.7 Å². The SMILES string of the molecule is CCCCCCCCCCCCS(=O)(=O)OC(N)CCCCCN.[H-].[Na+]. The van der Waals surface area contributed by atoms with Crippen molar-refractivity contribution in [3.63, 3.8) is 0 Å². The third-order valence-corrected chi connectivity index (χ3v) is 5.54. The van der Waals surface area contributed by atoms with Crippen LogP contribution in [0.15, 0.2) is 0 Å². The van der Waals surface area contributed by atoms with Gasteiger partial charge in [-0.25, -0.2) is 0 Å². The van der Waals surface area contributed by atoms with Gasteiger partial charge < -0.3 is 12.9 Å². The van der Waals surface area contributed by atoms with Gasteiger partial charge in [0, 0.05) is 0 Å². The topological polar surface area (TPSA) is 95.4 Å². The number of nitrogens with two attached hydrogens (primary N) is 2. The average molecular weight is 389 g/mol. The van der Waals surface area contributed by atoms with Gasteiger partial charge in [-0.1, -0.05) is 71.1 Å². The Kier molecular flexibility index (Phi) is 22.0. The summed E-state index contributed by atoms with van der Waals surface area (Å²) in [4.78, 5) is 0. The van der Waals surface area contributed by atoms with E-state index in [1.165, 1.54) is 44.9 Å². The van der Waals surface area contributed by atoms with Gasteiger partial charge in [0.05, 0.1) is 5.75 Å². The molecule has 0 heterocycles. The first kappa shape index (κ1) is 28.0. The molecule has 148 valence electrons. The summed E-state index contributed by atoms with van der Waals surface area (Å²) in [7, 11) is -3.48. The molecule has 1 unspecified atom stereocenters. The summed E-state index contributed by atoms with van der Waals surface area (Å²) in [5.41, 5.74) is 11.1. The quantitative estimate of drug-likeness (QED) is 0.159. The van der Waals surface area contributed by atoms with Crippen molar-refractivity contribution >= 4 is 10.1 Å². The average Bonchev–Trinajstić information content (AvgIpc) is 2.53. The van der Waals surface area contributed by atoms with Gasteiger partial charge >= 0.3 is 29.6 Å².